The Labute approximate surface area is 149 Å². The van der Waals surface area contributed by atoms with E-state index in [1.165, 1.54) is 27.8 Å². The Balaban J connectivity index is 1.75. The van der Waals surface area contributed by atoms with Gasteiger partial charge < -0.3 is 5.32 Å². The number of nitrogens with one attached hydrogen (secondary N) is 1. The Morgan fingerprint density at radius 1 is 1.40 bits per heavy atom. The first-order valence-corrected chi connectivity index (χ1v) is 10.6. The molecule has 1 aliphatic heterocycles. The van der Waals surface area contributed by atoms with E-state index >= 15 is 0 Å². The van der Waals surface area contributed by atoms with Gasteiger partial charge in [-0.25, -0.2) is 17.8 Å². The van der Waals surface area contributed by atoms with Gasteiger partial charge in [0.1, 0.15) is 11.9 Å². The predicted octanol–water partition coefficient (Wildman–Crippen LogP) is 2.70. The number of halogens is 1. The number of piperidine rings is 1. The highest BCUT2D eigenvalue weighted by Gasteiger charge is 2.34. The van der Waals surface area contributed by atoms with Gasteiger partial charge in [-0.1, -0.05) is 18.6 Å². The zero-order chi connectivity index (χ0) is 18.0. The smallest absolute Gasteiger partial charge is 0.244 e. The zero-order valence-corrected chi connectivity index (χ0v) is 15.2. The third-order valence-electron chi connectivity index (χ3n) is 4.04. The molecule has 6 nitrogen and oxygen atoms in total. The molecule has 134 valence electrons. The van der Waals surface area contributed by atoms with Crippen molar-refractivity contribution in [2.45, 2.75) is 25.3 Å². The third kappa shape index (κ3) is 4.23. The van der Waals surface area contributed by atoms with E-state index < -0.39 is 16.1 Å². The molecular formula is C16H18FN3O3S2. The van der Waals surface area contributed by atoms with Crippen LogP contribution in [0.25, 0.3) is 11.3 Å². The quantitative estimate of drug-likeness (QED) is 0.880. The standard InChI is InChI=1S/C16H18FN3O3S2/c1-25(22,23)20-8-3-2-7-14(20)15(21)19-16-18-13(10-24-16)11-5-4-6-12(17)9-11/h4-6,9-10,14H,2-3,7-8H2,1H3,(H,18,19,21). The highest BCUT2D eigenvalue weighted by Crippen LogP contribution is 2.27. The Hall–Kier alpha value is -1.84. The number of hydrogen-bond acceptors (Lipinski definition) is 5. The summed E-state index contributed by atoms with van der Waals surface area (Å²) in [7, 11) is -3.44. The Morgan fingerprint density at radius 2 is 2.20 bits per heavy atom. The summed E-state index contributed by atoms with van der Waals surface area (Å²) in [6, 6.07) is 5.32. The van der Waals surface area contributed by atoms with Crippen LogP contribution >= 0.6 is 11.3 Å². The van der Waals surface area contributed by atoms with E-state index in [0.717, 1.165) is 19.1 Å². The number of thiazole rings is 1. The van der Waals surface area contributed by atoms with E-state index in [1.807, 2.05) is 0 Å². The molecule has 1 N–H and O–H groups in total. The van der Waals surface area contributed by atoms with Crippen LogP contribution in [0.3, 0.4) is 0 Å². The van der Waals surface area contributed by atoms with Crippen molar-refractivity contribution in [2.75, 3.05) is 18.1 Å². The second kappa shape index (κ2) is 7.19. The number of amides is 1. The number of hydrogen-bond donors (Lipinski definition) is 1. The zero-order valence-electron chi connectivity index (χ0n) is 13.6. The van der Waals surface area contributed by atoms with Crippen LogP contribution in [0.1, 0.15) is 19.3 Å². The van der Waals surface area contributed by atoms with Crippen molar-refractivity contribution in [2.24, 2.45) is 0 Å². The molecule has 3 rings (SSSR count). The van der Waals surface area contributed by atoms with Gasteiger partial charge >= 0.3 is 0 Å². The summed E-state index contributed by atoms with van der Waals surface area (Å²) in [5.41, 5.74) is 1.18. The molecule has 25 heavy (non-hydrogen) atoms. The second-order valence-electron chi connectivity index (χ2n) is 5.92. The van der Waals surface area contributed by atoms with Crippen molar-refractivity contribution < 1.29 is 17.6 Å². The van der Waals surface area contributed by atoms with E-state index in [1.54, 1.807) is 17.5 Å². The SMILES string of the molecule is CS(=O)(=O)N1CCCCC1C(=O)Nc1nc(-c2cccc(F)c2)cs1. The summed E-state index contributed by atoms with van der Waals surface area (Å²) in [4.78, 5) is 16.8. The van der Waals surface area contributed by atoms with Crippen LogP contribution in [-0.2, 0) is 14.8 Å². The molecule has 1 aromatic heterocycles. The molecule has 1 unspecified atom stereocenters. The van der Waals surface area contributed by atoms with Gasteiger partial charge in [0.05, 0.1) is 11.9 Å². The molecule has 0 saturated carbocycles. The van der Waals surface area contributed by atoms with Gasteiger partial charge in [-0.2, -0.15) is 4.31 Å². The predicted molar refractivity (Wildman–Crippen MR) is 95.3 cm³/mol. The minimum Gasteiger partial charge on any atom is -0.301 e. The lowest BCUT2D eigenvalue weighted by molar-refractivity contribution is -0.120. The van der Waals surface area contributed by atoms with Crippen molar-refractivity contribution >= 4 is 32.4 Å². The summed E-state index contributed by atoms with van der Waals surface area (Å²) in [6.45, 7) is 0.351. The van der Waals surface area contributed by atoms with Gasteiger partial charge in [-0.3, -0.25) is 4.79 Å². The lowest BCUT2D eigenvalue weighted by Gasteiger charge is -2.32. The molecule has 1 fully saturated rings. The highest BCUT2D eigenvalue weighted by molar-refractivity contribution is 7.88. The average Bonchev–Trinajstić information content (AvgIpc) is 3.02. The number of sulfonamides is 1. The molecule has 1 aliphatic rings. The lowest BCUT2D eigenvalue weighted by atomic mass is 10.0. The van der Waals surface area contributed by atoms with Gasteiger partial charge in [0.2, 0.25) is 15.9 Å². The maximum absolute atomic E-state index is 13.3. The molecule has 0 aliphatic carbocycles. The van der Waals surface area contributed by atoms with E-state index in [9.17, 15) is 17.6 Å². The third-order valence-corrected chi connectivity index (χ3v) is 6.08. The van der Waals surface area contributed by atoms with Crippen LogP contribution in [0, 0.1) is 5.82 Å². The molecule has 2 aromatic rings. The van der Waals surface area contributed by atoms with E-state index in [-0.39, 0.29) is 11.7 Å². The van der Waals surface area contributed by atoms with Crippen LogP contribution in [0.5, 0.6) is 0 Å². The fraction of sp³-hybridized carbons (Fsp3) is 0.375. The average molecular weight is 383 g/mol. The molecule has 0 spiro atoms. The monoisotopic (exact) mass is 383 g/mol. The summed E-state index contributed by atoms with van der Waals surface area (Å²) >= 11 is 1.22. The number of carbonyl (C=O) groups excluding carboxylic acids is 1. The first kappa shape index (κ1) is 18.0. The number of aromatic nitrogens is 1. The molecule has 1 atom stereocenters. The number of benzene rings is 1. The van der Waals surface area contributed by atoms with Gasteiger partial charge in [-0.15, -0.1) is 11.3 Å². The van der Waals surface area contributed by atoms with Crippen LogP contribution in [0.15, 0.2) is 29.6 Å². The number of anilines is 1. The topological polar surface area (TPSA) is 79.4 Å². The van der Waals surface area contributed by atoms with Gasteiger partial charge in [0, 0.05) is 17.5 Å². The molecule has 1 saturated heterocycles. The first-order valence-electron chi connectivity index (χ1n) is 7.84. The van der Waals surface area contributed by atoms with Crippen LogP contribution in [0.2, 0.25) is 0 Å². The van der Waals surface area contributed by atoms with Crippen LogP contribution in [-0.4, -0.2) is 42.5 Å². The van der Waals surface area contributed by atoms with Crippen LogP contribution < -0.4 is 5.32 Å². The summed E-state index contributed by atoms with van der Waals surface area (Å²) < 4.78 is 38.3. The molecule has 0 bridgehead atoms. The number of carbonyl (C=O) groups is 1. The molecular weight excluding hydrogens is 365 g/mol. The maximum atomic E-state index is 13.3. The Bertz CT molecular complexity index is 882. The number of rotatable bonds is 4. The first-order chi connectivity index (χ1) is 11.8. The fourth-order valence-electron chi connectivity index (χ4n) is 2.86. The Kier molecular flexibility index (Phi) is 5.16. The Morgan fingerprint density at radius 3 is 2.92 bits per heavy atom. The largest absolute Gasteiger partial charge is 0.301 e. The fourth-order valence-corrected chi connectivity index (χ4v) is 4.71. The minimum atomic E-state index is -3.44. The van der Waals surface area contributed by atoms with Crippen molar-refractivity contribution in [1.82, 2.24) is 9.29 Å². The summed E-state index contributed by atoms with van der Waals surface area (Å²) in [5, 5.41) is 4.77. The van der Waals surface area contributed by atoms with Crippen molar-refractivity contribution in [3.05, 3.63) is 35.5 Å². The van der Waals surface area contributed by atoms with Crippen molar-refractivity contribution in [3.8, 4) is 11.3 Å². The molecule has 0 radical (unpaired) electrons. The van der Waals surface area contributed by atoms with Crippen LogP contribution in [0.4, 0.5) is 9.52 Å². The van der Waals surface area contributed by atoms with E-state index in [2.05, 4.69) is 10.3 Å². The van der Waals surface area contributed by atoms with E-state index in [4.69, 9.17) is 0 Å². The summed E-state index contributed by atoms with van der Waals surface area (Å²) in [6.07, 6.45) is 3.15. The van der Waals surface area contributed by atoms with E-state index in [0.29, 0.717) is 29.4 Å². The van der Waals surface area contributed by atoms with Gasteiger partial charge in [0.15, 0.2) is 5.13 Å². The summed E-state index contributed by atoms with van der Waals surface area (Å²) in [5.74, 6) is -0.743. The number of nitrogens with zero attached hydrogens (tertiary/aromatic N) is 2. The lowest BCUT2D eigenvalue weighted by Crippen LogP contribution is -2.49. The molecule has 9 heteroatoms. The highest BCUT2D eigenvalue weighted by atomic mass is 32.2. The second-order valence-corrected chi connectivity index (χ2v) is 8.72. The molecule has 1 amide bonds. The van der Waals surface area contributed by atoms with Crippen molar-refractivity contribution in [3.63, 3.8) is 0 Å². The molecule has 2 heterocycles. The maximum Gasteiger partial charge on any atom is 0.244 e. The van der Waals surface area contributed by atoms with Crippen molar-refractivity contribution in [1.29, 1.82) is 0 Å². The molecule has 1 aromatic carbocycles. The normalized spacial score (nSPS) is 18.9. The van der Waals surface area contributed by atoms with Gasteiger partial charge in [0.25, 0.3) is 0 Å². The van der Waals surface area contributed by atoms with Gasteiger partial charge in [-0.05, 0) is 25.0 Å². The minimum absolute atomic E-state index is 0.351.